The Morgan fingerprint density at radius 2 is 1.69 bits per heavy atom. The summed E-state index contributed by atoms with van der Waals surface area (Å²) in [4.78, 5) is 30.7. The summed E-state index contributed by atoms with van der Waals surface area (Å²) in [7, 11) is 2.06. The lowest BCUT2D eigenvalue weighted by Crippen LogP contribution is -2.52. The quantitative estimate of drug-likeness (QED) is 0.172. The number of likely N-dealkylation sites (N-methyl/N-ethyl adjacent to an activating group) is 1. The van der Waals surface area contributed by atoms with Crippen LogP contribution in [0.4, 0.5) is 18.9 Å². The monoisotopic (exact) mass is 588 g/mol. The Balaban J connectivity index is 1.70. The van der Waals surface area contributed by atoms with E-state index in [0.29, 0.717) is 41.7 Å². The number of quaternary nitrogens is 1. The molecular formula is C30H41F3N7O2+. The van der Waals surface area contributed by atoms with E-state index in [2.05, 4.69) is 22.7 Å². The van der Waals surface area contributed by atoms with Gasteiger partial charge in [-0.2, -0.15) is 13.2 Å². The van der Waals surface area contributed by atoms with E-state index < -0.39 is 35.6 Å². The van der Waals surface area contributed by atoms with Gasteiger partial charge in [0.05, 0.1) is 43.8 Å². The minimum atomic E-state index is -4.48. The standard InChI is InChI=1S/C30H40F3N7O2/c1-40(17-13-34,18-14-35)16-4-8-25(36)28(41)39-27(11-9-21-5-2-7-23(19-21)30(31,32)33)29(42)38-24-10-12-26-22(20-24)6-3-15-37-26/h2-3,5-7,10,12,15,19-20,25,27H,4,8-9,11,13-14,16-18,34-36H2,1H3,(H-,38,39,41,42)/p+1/t25-,27-/m0/s1. The van der Waals surface area contributed by atoms with Crippen molar-refractivity contribution in [3.05, 3.63) is 71.9 Å². The predicted molar refractivity (Wildman–Crippen MR) is 158 cm³/mol. The molecule has 2 aromatic carbocycles. The highest BCUT2D eigenvalue weighted by Gasteiger charge is 2.31. The van der Waals surface area contributed by atoms with Crippen LogP contribution in [0.25, 0.3) is 10.9 Å². The summed E-state index contributed by atoms with van der Waals surface area (Å²) >= 11 is 0. The number of amides is 2. The molecule has 1 aromatic heterocycles. The van der Waals surface area contributed by atoms with Crippen molar-refractivity contribution in [2.45, 2.75) is 43.9 Å². The van der Waals surface area contributed by atoms with Crippen molar-refractivity contribution in [3.63, 3.8) is 0 Å². The highest BCUT2D eigenvalue weighted by atomic mass is 19.4. The minimum absolute atomic E-state index is 0.0721. The van der Waals surface area contributed by atoms with Crippen molar-refractivity contribution in [3.8, 4) is 0 Å². The summed E-state index contributed by atoms with van der Waals surface area (Å²) in [6.45, 7) is 3.27. The van der Waals surface area contributed by atoms with Gasteiger partial charge in [0.1, 0.15) is 6.04 Å². The second-order valence-corrected chi connectivity index (χ2v) is 10.8. The first-order valence-electron chi connectivity index (χ1n) is 14.1. The fourth-order valence-electron chi connectivity index (χ4n) is 4.93. The van der Waals surface area contributed by atoms with Crippen LogP contribution in [0.15, 0.2) is 60.8 Å². The number of nitrogens with two attached hydrogens (primary N) is 3. The first-order chi connectivity index (χ1) is 19.9. The van der Waals surface area contributed by atoms with E-state index in [4.69, 9.17) is 17.2 Å². The SMILES string of the molecule is C[N+](CCN)(CCN)CCC[C@H](N)C(=O)N[C@@H](CCc1cccc(C(F)(F)F)c1)C(=O)Nc1ccc2ncccc2c1. The molecule has 2 atom stereocenters. The summed E-state index contributed by atoms with van der Waals surface area (Å²) < 4.78 is 40.3. The zero-order chi connectivity index (χ0) is 30.8. The number of carbonyl (C=O) groups is 2. The van der Waals surface area contributed by atoms with Crippen LogP contribution in [0.2, 0.25) is 0 Å². The predicted octanol–water partition coefficient (Wildman–Crippen LogP) is 2.78. The number of hydrogen-bond acceptors (Lipinski definition) is 6. The number of hydrogen-bond donors (Lipinski definition) is 5. The largest absolute Gasteiger partial charge is 0.416 e. The van der Waals surface area contributed by atoms with Crippen LogP contribution >= 0.6 is 0 Å². The van der Waals surface area contributed by atoms with Crippen molar-refractivity contribution >= 4 is 28.4 Å². The zero-order valence-corrected chi connectivity index (χ0v) is 23.9. The van der Waals surface area contributed by atoms with Crippen LogP contribution in [0, 0.1) is 0 Å². The van der Waals surface area contributed by atoms with E-state index in [9.17, 15) is 22.8 Å². The number of pyridine rings is 1. The molecule has 0 radical (unpaired) electrons. The molecule has 3 rings (SSSR count). The van der Waals surface area contributed by atoms with Crippen molar-refractivity contribution in [1.82, 2.24) is 10.3 Å². The maximum absolute atomic E-state index is 13.4. The molecule has 0 aliphatic heterocycles. The molecular weight excluding hydrogens is 547 g/mol. The number of nitrogens with zero attached hydrogens (tertiary/aromatic N) is 2. The molecule has 2 amide bonds. The van der Waals surface area contributed by atoms with E-state index >= 15 is 0 Å². The summed E-state index contributed by atoms with van der Waals surface area (Å²) in [6, 6.07) is 11.9. The fourth-order valence-corrected chi connectivity index (χ4v) is 4.93. The minimum Gasteiger partial charge on any atom is -0.343 e. The molecule has 9 nitrogen and oxygen atoms in total. The van der Waals surface area contributed by atoms with Crippen molar-refractivity contribution in [1.29, 1.82) is 0 Å². The van der Waals surface area contributed by atoms with Crippen LogP contribution in [-0.2, 0) is 22.2 Å². The molecule has 0 aliphatic rings. The average molecular weight is 589 g/mol. The van der Waals surface area contributed by atoms with Crippen LogP contribution in [0.3, 0.4) is 0 Å². The molecule has 0 spiro atoms. The van der Waals surface area contributed by atoms with Crippen molar-refractivity contribution in [2.24, 2.45) is 17.2 Å². The van der Waals surface area contributed by atoms with E-state index in [0.717, 1.165) is 42.7 Å². The maximum atomic E-state index is 13.4. The molecule has 228 valence electrons. The summed E-state index contributed by atoms with van der Waals surface area (Å²) in [5, 5.41) is 6.36. The lowest BCUT2D eigenvalue weighted by Gasteiger charge is -2.34. The Labute approximate surface area is 244 Å². The van der Waals surface area contributed by atoms with Gasteiger partial charge in [0.15, 0.2) is 0 Å². The number of carbonyl (C=O) groups excluding carboxylic acids is 2. The van der Waals surface area contributed by atoms with Crippen LogP contribution in [-0.4, -0.2) is 73.1 Å². The van der Waals surface area contributed by atoms with Crippen molar-refractivity contribution in [2.75, 3.05) is 45.1 Å². The third kappa shape index (κ3) is 9.76. The molecule has 1 heterocycles. The average Bonchev–Trinajstić information content (AvgIpc) is 2.94. The number of halogens is 3. The molecule has 0 saturated carbocycles. The van der Waals surface area contributed by atoms with E-state index in [1.165, 1.54) is 6.07 Å². The second kappa shape index (κ2) is 15.1. The molecule has 0 unspecified atom stereocenters. The Hall–Kier alpha value is -3.58. The van der Waals surface area contributed by atoms with Gasteiger partial charge in [-0.15, -0.1) is 0 Å². The van der Waals surface area contributed by atoms with Gasteiger partial charge in [-0.25, -0.2) is 0 Å². The highest BCUT2D eigenvalue weighted by molar-refractivity contribution is 5.99. The normalized spacial score (nSPS) is 13.5. The van der Waals surface area contributed by atoms with Crippen LogP contribution in [0.1, 0.15) is 30.4 Å². The maximum Gasteiger partial charge on any atom is 0.416 e. The molecule has 3 aromatic rings. The summed E-state index contributed by atoms with van der Waals surface area (Å²) in [6.07, 6.45) is -1.58. The zero-order valence-electron chi connectivity index (χ0n) is 23.9. The Kier molecular flexibility index (Phi) is 11.8. The lowest BCUT2D eigenvalue weighted by molar-refractivity contribution is -0.907. The molecule has 12 heteroatoms. The molecule has 8 N–H and O–H groups in total. The lowest BCUT2D eigenvalue weighted by atomic mass is 10.0. The van der Waals surface area contributed by atoms with Crippen LogP contribution < -0.4 is 27.8 Å². The number of fused-ring (bicyclic) bond motifs is 1. The van der Waals surface area contributed by atoms with E-state index in [1.807, 2.05) is 6.07 Å². The van der Waals surface area contributed by atoms with E-state index in [1.54, 1.807) is 36.5 Å². The number of benzene rings is 2. The highest BCUT2D eigenvalue weighted by Crippen LogP contribution is 2.30. The fraction of sp³-hybridized carbons (Fsp3) is 0.433. The van der Waals surface area contributed by atoms with Gasteiger partial charge in [0.2, 0.25) is 11.8 Å². The summed E-state index contributed by atoms with van der Waals surface area (Å²) in [5.74, 6) is -1.00. The molecule has 0 saturated heterocycles. The molecule has 0 fully saturated rings. The summed E-state index contributed by atoms with van der Waals surface area (Å²) in [5.41, 5.74) is 18.6. The van der Waals surface area contributed by atoms with Crippen LogP contribution in [0.5, 0.6) is 0 Å². The van der Waals surface area contributed by atoms with Gasteiger partial charge >= 0.3 is 6.18 Å². The van der Waals surface area contributed by atoms with Gasteiger partial charge in [-0.05, 0) is 61.6 Å². The Morgan fingerprint density at radius 3 is 2.38 bits per heavy atom. The van der Waals surface area contributed by atoms with Gasteiger partial charge < -0.3 is 32.3 Å². The topological polar surface area (TPSA) is 149 Å². The molecule has 0 aliphatic carbocycles. The van der Waals surface area contributed by atoms with Gasteiger partial charge in [-0.3, -0.25) is 14.6 Å². The second-order valence-electron chi connectivity index (χ2n) is 10.8. The Bertz CT molecular complexity index is 1330. The van der Waals surface area contributed by atoms with Gasteiger partial charge in [0.25, 0.3) is 0 Å². The number of nitrogens with one attached hydrogen (secondary N) is 2. The van der Waals surface area contributed by atoms with E-state index in [-0.39, 0.29) is 12.8 Å². The first kappa shape index (κ1) is 32.9. The molecule has 42 heavy (non-hydrogen) atoms. The third-order valence-electron chi connectivity index (χ3n) is 7.37. The number of aryl methyl sites for hydroxylation is 1. The van der Waals surface area contributed by atoms with Crippen molar-refractivity contribution < 1.29 is 27.2 Å². The third-order valence-corrected chi connectivity index (χ3v) is 7.37. The van der Waals surface area contributed by atoms with Gasteiger partial charge in [-0.1, -0.05) is 24.3 Å². The number of alkyl halides is 3. The Morgan fingerprint density at radius 1 is 0.952 bits per heavy atom. The number of rotatable bonds is 15. The number of anilines is 1. The first-order valence-corrected chi connectivity index (χ1v) is 14.1. The molecule has 0 bridgehead atoms. The smallest absolute Gasteiger partial charge is 0.343 e. The van der Waals surface area contributed by atoms with Gasteiger partial charge in [0, 0.05) is 30.4 Å². The number of aromatic nitrogens is 1.